The molecule has 1 unspecified atom stereocenters. The van der Waals surface area contributed by atoms with Crippen LogP contribution in [0.2, 0.25) is 0 Å². The van der Waals surface area contributed by atoms with E-state index in [1.54, 1.807) is 0 Å². The minimum atomic E-state index is -0.203. The molecule has 2 N–H and O–H groups in total. The number of aryl methyl sites for hydroxylation is 2. The molecule has 1 aliphatic rings. The zero-order chi connectivity index (χ0) is 13.3. The molecule has 0 saturated carbocycles. The van der Waals surface area contributed by atoms with E-state index in [1.807, 2.05) is 18.7 Å². The van der Waals surface area contributed by atoms with E-state index in [9.17, 15) is 5.11 Å². The number of anilines is 1. The topological polar surface area (TPSA) is 53.3 Å². The van der Waals surface area contributed by atoms with Crippen molar-refractivity contribution in [2.24, 2.45) is 7.05 Å². The van der Waals surface area contributed by atoms with Crippen LogP contribution in [0.15, 0.2) is 0 Å². The van der Waals surface area contributed by atoms with Crippen LogP contribution in [0.1, 0.15) is 31.5 Å². The van der Waals surface area contributed by atoms with Gasteiger partial charge in [0.15, 0.2) is 0 Å². The van der Waals surface area contributed by atoms with Gasteiger partial charge in [0.05, 0.1) is 11.8 Å². The highest BCUT2D eigenvalue weighted by molar-refractivity contribution is 5.51. The molecule has 1 aromatic rings. The molecule has 1 fully saturated rings. The number of β-amino-alcohol motifs (C(OH)–C–C–N with tert-alkyl or cyclic N) is 1. The molecule has 1 aliphatic heterocycles. The number of aliphatic hydroxyl groups is 1. The summed E-state index contributed by atoms with van der Waals surface area (Å²) in [6.45, 7) is 8.80. The molecule has 0 spiro atoms. The first-order valence-corrected chi connectivity index (χ1v) is 6.68. The van der Waals surface area contributed by atoms with Gasteiger partial charge in [0, 0.05) is 38.3 Å². The number of rotatable bonds is 4. The zero-order valence-electron chi connectivity index (χ0n) is 11.8. The average Bonchev–Trinajstić information content (AvgIpc) is 2.79. The van der Waals surface area contributed by atoms with Gasteiger partial charge in [-0.2, -0.15) is 5.10 Å². The fourth-order valence-corrected chi connectivity index (χ4v) is 2.53. The average molecular weight is 252 g/mol. The summed E-state index contributed by atoms with van der Waals surface area (Å²) in [7, 11) is 1.98. The normalized spacial score (nSPS) is 20.1. The fourth-order valence-electron chi connectivity index (χ4n) is 2.53. The Balaban J connectivity index is 2.22. The van der Waals surface area contributed by atoms with Gasteiger partial charge in [-0.3, -0.25) is 4.68 Å². The van der Waals surface area contributed by atoms with E-state index in [-0.39, 0.29) is 6.10 Å². The molecule has 0 radical (unpaired) electrons. The van der Waals surface area contributed by atoms with Crippen LogP contribution in [-0.2, 0) is 13.6 Å². The van der Waals surface area contributed by atoms with Gasteiger partial charge in [0.25, 0.3) is 0 Å². The summed E-state index contributed by atoms with van der Waals surface area (Å²) < 4.78 is 1.94. The molecule has 2 heterocycles. The SMILES string of the molecule is Cc1nn(C)c(N2CCC(O)C2)c1CNC(C)C. The van der Waals surface area contributed by atoms with E-state index in [0.29, 0.717) is 12.6 Å². The highest BCUT2D eigenvalue weighted by Gasteiger charge is 2.26. The van der Waals surface area contributed by atoms with Crippen molar-refractivity contribution in [2.45, 2.75) is 45.9 Å². The maximum atomic E-state index is 9.68. The van der Waals surface area contributed by atoms with Gasteiger partial charge in [-0.25, -0.2) is 0 Å². The Labute approximate surface area is 109 Å². The molecule has 2 rings (SSSR count). The summed E-state index contributed by atoms with van der Waals surface area (Å²) in [6, 6.07) is 0.460. The number of aromatic nitrogens is 2. The third-order valence-electron chi connectivity index (χ3n) is 3.46. The highest BCUT2D eigenvalue weighted by Crippen LogP contribution is 2.26. The second-order valence-corrected chi connectivity index (χ2v) is 5.44. The van der Waals surface area contributed by atoms with Crippen LogP contribution in [0.3, 0.4) is 0 Å². The van der Waals surface area contributed by atoms with E-state index in [0.717, 1.165) is 31.0 Å². The Kier molecular flexibility index (Phi) is 3.92. The van der Waals surface area contributed by atoms with Crippen LogP contribution >= 0.6 is 0 Å². The second-order valence-electron chi connectivity index (χ2n) is 5.44. The van der Waals surface area contributed by atoms with Crippen molar-refractivity contribution in [1.29, 1.82) is 0 Å². The lowest BCUT2D eigenvalue weighted by atomic mass is 10.2. The van der Waals surface area contributed by atoms with E-state index >= 15 is 0 Å². The van der Waals surface area contributed by atoms with Crippen molar-refractivity contribution in [3.05, 3.63) is 11.3 Å². The molecule has 1 aromatic heterocycles. The first kappa shape index (κ1) is 13.4. The maximum absolute atomic E-state index is 9.68. The molecule has 102 valence electrons. The lowest BCUT2D eigenvalue weighted by molar-refractivity contribution is 0.198. The molecule has 0 bridgehead atoms. The lowest BCUT2D eigenvalue weighted by Crippen LogP contribution is -2.27. The van der Waals surface area contributed by atoms with Gasteiger partial charge < -0.3 is 15.3 Å². The standard InChI is InChI=1S/C13H24N4O/c1-9(2)14-7-12-10(3)15-16(4)13(12)17-6-5-11(18)8-17/h9,11,14,18H,5-8H2,1-4H3. The minimum Gasteiger partial charge on any atom is -0.391 e. The first-order chi connectivity index (χ1) is 8.49. The van der Waals surface area contributed by atoms with E-state index in [4.69, 9.17) is 0 Å². The third-order valence-corrected chi connectivity index (χ3v) is 3.46. The summed E-state index contributed by atoms with van der Waals surface area (Å²) in [5.74, 6) is 1.15. The lowest BCUT2D eigenvalue weighted by Gasteiger charge is -2.20. The van der Waals surface area contributed by atoms with E-state index in [1.165, 1.54) is 5.56 Å². The number of aliphatic hydroxyl groups excluding tert-OH is 1. The van der Waals surface area contributed by atoms with Gasteiger partial charge in [0.2, 0.25) is 0 Å². The highest BCUT2D eigenvalue weighted by atomic mass is 16.3. The molecule has 0 aliphatic carbocycles. The van der Waals surface area contributed by atoms with E-state index in [2.05, 4.69) is 29.2 Å². The predicted molar refractivity (Wildman–Crippen MR) is 72.8 cm³/mol. The quantitative estimate of drug-likeness (QED) is 0.832. The summed E-state index contributed by atoms with van der Waals surface area (Å²) in [4.78, 5) is 2.24. The fraction of sp³-hybridized carbons (Fsp3) is 0.769. The van der Waals surface area contributed by atoms with Crippen LogP contribution in [0.5, 0.6) is 0 Å². The van der Waals surface area contributed by atoms with Crippen molar-refractivity contribution < 1.29 is 5.11 Å². The molecule has 0 amide bonds. The Morgan fingerprint density at radius 2 is 2.22 bits per heavy atom. The summed E-state index contributed by atoms with van der Waals surface area (Å²) in [5, 5.41) is 17.6. The van der Waals surface area contributed by atoms with Crippen molar-refractivity contribution in [1.82, 2.24) is 15.1 Å². The maximum Gasteiger partial charge on any atom is 0.131 e. The van der Waals surface area contributed by atoms with Crippen LogP contribution in [0.4, 0.5) is 5.82 Å². The second kappa shape index (κ2) is 5.28. The Morgan fingerprint density at radius 3 is 2.78 bits per heavy atom. The minimum absolute atomic E-state index is 0.203. The molecule has 5 nitrogen and oxygen atoms in total. The zero-order valence-corrected chi connectivity index (χ0v) is 11.8. The number of hydrogen-bond donors (Lipinski definition) is 2. The summed E-state index contributed by atoms with van der Waals surface area (Å²) in [6.07, 6.45) is 0.646. The van der Waals surface area contributed by atoms with Crippen molar-refractivity contribution in [3.63, 3.8) is 0 Å². The van der Waals surface area contributed by atoms with Crippen LogP contribution in [-0.4, -0.2) is 40.1 Å². The Hall–Kier alpha value is -1.07. The molecule has 5 heteroatoms. The molecule has 1 atom stereocenters. The molecule has 18 heavy (non-hydrogen) atoms. The predicted octanol–water partition coefficient (Wildman–Crippen LogP) is 0.798. The summed E-state index contributed by atoms with van der Waals surface area (Å²) in [5.41, 5.74) is 2.32. The number of hydrogen-bond acceptors (Lipinski definition) is 4. The van der Waals surface area contributed by atoms with Gasteiger partial charge in [-0.1, -0.05) is 13.8 Å². The Morgan fingerprint density at radius 1 is 1.50 bits per heavy atom. The largest absolute Gasteiger partial charge is 0.391 e. The van der Waals surface area contributed by atoms with E-state index < -0.39 is 0 Å². The molecule has 0 aromatic carbocycles. The molecule has 1 saturated heterocycles. The third kappa shape index (κ3) is 2.67. The number of nitrogens with zero attached hydrogens (tertiary/aromatic N) is 3. The van der Waals surface area contributed by atoms with Gasteiger partial charge in [0.1, 0.15) is 5.82 Å². The molecular formula is C13H24N4O. The van der Waals surface area contributed by atoms with Gasteiger partial charge in [-0.15, -0.1) is 0 Å². The number of nitrogens with one attached hydrogen (secondary N) is 1. The van der Waals surface area contributed by atoms with Crippen molar-refractivity contribution in [2.75, 3.05) is 18.0 Å². The van der Waals surface area contributed by atoms with Crippen molar-refractivity contribution >= 4 is 5.82 Å². The smallest absolute Gasteiger partial charge is 0.131 e. The van der Waals surface area contributed by atoms with Crippen molar-refractivity contribution in [3.8, 4) is 0 Å². The van der Waals surface area contributed by atoms with Crippen LogP contribution in [0, 0.1) is 6.92 Å². The Bertz CT molecular complexity index is 413. The monoisotopic (exact) mass is 252 g/mol. The van der Waals surface area contributed by atoms with Gasteiger partial charge in [-0.05, 0) is 13.3 Å². The van der Waals surface area contributed by atoms with Crippen LogP contribution < -0.4 is 10.2 Å². The summed E-state index contributed by atoms with van der Waals surface area (Å²) >= 11 is 0. The van der Waals surface area contributed by atoms with Crippen LogP contribution in [0.25, 0.3) is 0 Å². The molecular weight excluding hydrogens is 228 g/mol. The first-order valence-electron chi connectivity index (χ1n) is 6.68. The van der Waals surface area contributed by atoms with Gasteiger partial charge >= 0.3 is 0 Å².